The number of hydrogen-bond donors (Lipinski definition) is 2. The van der Waals surface area contributed by atoms with Gasteiger partial charge in [0.2, 0.25) is 0 Å². The molecule has 1 heterocycles. The Hall–Kier alpha value is -1.57. The number of carbonyl (C=O) groups is 1. The first-order valence-corrected chi connectivity index (χ1v) is 5.85. The zero-order chi connectivity index (χ0) is 12.7. The minimum absolute atomic E-state index is 0.0700. The number of halogens is 1. The van der Waals surface area contributed by atoms with Crippen molar-refractivity contribution in [2.24, 2.45) is 0 Å². The molecule has 6 heteroatoms. The fourth-order valence-electron chi connectivity index (χ4n) is 1.81. The summed E-state index contributed by atoms with van der Waals surface area (Å²) in [5.74, 6) is 4.50. The SMILES string of the molecule is Cc1c(C(=O)O)c2cccc(I)c2c(=O)n1N. The molecule has 0 unspecified atom stereocenters. The van der Waals surface area contributed by atoms with Crippen LogP contribution >= 0.6 is 22.6 Å². The summed E-state index contributed by atoms with van der Waals surface area (Å²) in [4.78, 5) is 23.2. The van der Waals surface area contributed by atoms with Crippen molar-refractivity contribution in [3.63, 3.8) is 0 Å². The van der Waals surface area contributed by atoms with Crippen LogP contribution in [0.3, 0.4) is 0 Å². The summed E-state index contributed by atoms with van der Waals surface area (Å²) < 4.78 is 1.57. The van der Waals surface area contributed by atoms with Crippen LogP contribution in [0.4, 0.5) is 0 Å². The average Bonchev–Trinajstić information content (AvgIpc) is 2.25. The van der Waals surface area contributed by atoms with Gasteiger partial charge in [-0.1, -0.05) is 12.1 Å². The van der Waals surface area contributed by atoms with Crippen LogP contribution in [0.2, 0.25) is 0 Å². The molecule has 1 aromatic carbocycles. The molecule has 3 N–H and O–H groups in total. The van der Waals surface area contributed by atoms with E-state index >= 15 is 0 Å². The van der Waals surface area contributed by atoms with Gasteiger partial charge in [-0.3, -0.25) is 4.79 Å². The Balaban J connectivity index is 3.16. The molecule has 0 saturated carbocycles. The monoisotopic (exact) mass is 344 g/mol. The zero-order valence-electron chi connectivity index (χ0n) is 8.90. The molecule has 0 aliphatic carbocycles. The molecule has 88 valence electrons. The number of nitrogens with zero attached hydrogens (tertiary/aromatic N) is 1. The van der Waals surface area contributed by atoms with Gasteiger partial charge in [-0.05, 0) is 35.6 Å². The van der Waals surface area contributed by atoms with Crippen molar-refractivity contribution < 1.29 is 9.90 Å². The second-order valence-electron chi connectivity index (χ2n) is 3.60. The summed E-state index contributed by atoms with van der Waals surface area (Å²) in [5, 5.41) is 9.97. The Labute approximate surface area is 110 Å². The molecule has 5 nitrogen and oxygen atoms in total. The Morgan fingerprint density at radius 1 is 1.47 bits per heavy atom. The lowest BCUT2D eigenvalue weighted by Gasteiger charge is -2.11. The van der Waals surface area contributed by atoms with E-state index in [9.17, 15) is 14.7 Å². The van der Waals surface area contributed by atoms with Gasteiger partial charge in [-0.25, -0.2) is 9.47 Å². The van der Waals surface area contributed by atoms with Gasteiger partial charge in [0.05, 0.1) is 16.6 Å². The maximum Gasteiger partial charge on any atom is 0.338 e. The summed E-state index contributed by atoms with van der Waals surface area (Å²) in [5.41, 5.74) is -0.0647. The van der Waals surface area contributed by atoms with E-state index in [4.69, 9.17) is 5.84 Å². The number of pyridine rings is 1. The largest absolute Gasteiger partial charge is 0.478 e. The van der Waals surface area contributed by atoms with Crippen molar-refractivity contribution in [1.29, 1.82) is 0 Å². The second kappa shape index (κ2) is 4.02. The molecule has 0 radical (unpaired) electrons. The number of carboxylic acids is 1. The van der Waals surface area contributed by atoms with Crippen LogP contribution < -0.4 is 11.4 Å². The van der Waals surface area contributed by atoms with Gasteiger partial charge in [0.25, 0.3) is 5.56 Å². The summed E-state index contributed by atoms with van der Waals surface area (Å²) in [6, 6.07) is 5.08. The first-order chi connectivity index (χ1) is 7.95. The van der Waals surface area contributed by atoms with E-state index < -0.39 is 5.97 Å². The summed E-state index contributed by atoms with van der Waals surface area (Å²) in [7, 11) is 0. The fraction of sp³-hybridized carbons (Fsp3) is 0.0909. The van der Waals surface area contributed by atoms with Crippen LogP contribution in [0, 0.1) is 10.5 Å². The molecule has 2 aromatic rings. The van der Waals surface area contributed by atoms with Crippen molar-refractivity contribution >= 4 is 39.3 Å². The maximum atomic E-state index is 12.0. The number of fused-ring (bicyclic) bond motifs is 1. The van der Waals surface area contributed by atoms with E-state index in [0.717, 1.165) is 4.68 Å². The van der Waals surface area contributed by atoms with Gasteiger partial charge in [-0.15, -0.1) is 0 Å². The molecule has 0 fully saturated rings. The highest BCUT2D eigenvalue weighted by Crippen LogP contribution is 2.22. The number of hydrogen-bond acceptors (Lipinski definition) is 3. The van der Waals surface area contributed by atoms with Crippen LogP contribution in [0.15, 0.2) is 23.0 Å². The lowest BCUT2D eigenvalue weighted by Crippen LogP contribution is -2.31. The molecule has 0 saturated heterocycles. The number of nitrogen functional groups attached to an aromatic ring is 1. The van der Waals surface area contributed by atoms with E-state index in [1.54, 1.807) is 18.2 Å². The average molecular weight is 344 g/mol. The third-order valence-corrected chi connectivity index (χ3v) is 3.55. The third kappa shape index (κ3) is 1.68. The molecule has 1 aromatic heterocycles. The van der Waals surface area contributed by atoms with Gasteiger partial charge in [-0.2, -0.15) is 0 Å². The topological polar surface area (TPSA) is 85.3 Å². The normalized spacial score (nSPS) is 10.7. The highest BCUT2D eigenvalue weighted by Gasteiger charge is 2.18. The van der Waals surface area contributed by atoms with E-state index in [0.29, 0.717) is 14.3 Å². The van der Waals surface area contributed by atoms with Gasteiger partial charge >= 0.3 is 5.97 Å². The van der Waals surface area contributed by atoms with Crippen molar-refractivity contribution in [2.45, 2.75) is 6.92 Å². The first-order valence-electron chi connectivity index (χ1n) is 4.77. The van der Waals surface area contributed by atoms with Crippen molar-refractivity contribution in [2.75, 3.05) is 5.84 Å². The van der Waals surface area contributed by atoms with Crippen molar-refractivity contribution in [3.05, 3.63) is 43.4 Å². The molecule has 0 atom stereocenters. The summed E-state index contributed by atoms with van der Waals surface area (Å²) in [6.07, 6.45) is 0. The number of carboxylic acid groups (broad SMARTS) is 1. The zero-order valence-corrected chi connectivity index (χ0v) is 11.1. The molecule has 17 heavy (non-hydrogen) atoms. The van der Waals surface area contributed by atoms with Gasteiger partial charge in [0.15, 0.2) is 0 Å². The molecule has 0 aliphatic rings. The molecular formula is C11H9IN2O3. The molecule has 0 amide bonds. The molecule has 0 spiro atoms. The Morgan fingerprint density at radius 3 is 2.71 bits per heavy atom. The molecular weight excluding hydrogens is 335 g/mol. The van der Waals surface area contributed by atoms with Crippen molar-refractivity contribution in [3.8, 4) is 0 Å². The Morgan fingerprint density at radius 2 is 2.12 bits per heavy atom. The Bertz CT molecular complexity index is 691. The molecule has 0 aliphatic heterocycles. The number of aromatic carboxylic acids is 1. The van der Waals surface area contributed by atoms with Crippen LogP contribution in [-0.4, -0.2) is 15.8 Å². The number of benzene rings is 1. The highest BCUT2D eigenvalue weighted by atomic mass is 127. The fourth-order valence-corrected chi connectivity index (χ4v) is 2.54. The standard InChI is InChI=1S/C11H9IN2O3/c1-5-8(11(16)17)6-3-2-4-7(12)9(6)10(15)14(5)13/h2-4H,13H2,1H3,(H,16,17). The van der Waals surface area contributed by atoms with E-state index in [2.05, 4.69) is 0 Å². The smallest absolute Gasteiger partial charge is 0.338 e. The highest BCUT2D eigenvalue weighted by molar-refractivity contribution is 14.1. The lowest BCUT2D eigenvalue weighted by atomic mass is 10.0. The van der Waals surface area contributed by atoms with Gasteiger partial charge in [0, 0.05) is 8.96 Å². The summed E-state index contributed by atoms with van der Waals surface area (Å²) in [6.45, 7) is 1.52. The predicted octanol–water partition coefficient (Wildman–Crippen LogP) is 1.33. The maximum absolute atomic E-state index is 12.0. The van der Waals surface area contributed by atoms with Crippen LogP contribution in [0.25, 0.3) is 10.8 Å². The van der Waals surface area contributed by atoms with Crippen LogP contribution in [-0.2, 0) is 0 Å². The summed E-state index contributed by atoms with van der Waals surface area (Å²) >= 11 is 1.99. The van der Waals surface area contributed by atoms with E-state index in [-0.39, 0.29) is 16.8 Å². The van der Waals surface area contributed by atoms with E-state index in [1.165, 1.54) is 6.92 Å². The van der Waals surface area contributed by atoms with Gasteiger partial charge < -0.3 is 10.9 Å². The Kier molecular flexibility index (Phi) is 2.82. The first kappa shape index (κ1) is 11.9. The quantitative estimate of drug-likeness (QED) is 0.604. The molecule has 0 bridgehead atoms. The number of nitrogens with two attached hydrogens (primary N) is 1. The van der Waals surface area contributed by atoms with E-state index in [1.807, 2.05) is 22.6 Å². The minimum atomic E-state index is -1.09. The second-order valence-corrected chi connectivity index (χ2v) is 4.77. The predicted molar refractivity (Wildman–Crippen MR) is 72.8 cm³/mol. The number of aromatic nitrogens is 1. The minimum Gasteiger partial charge on any atom is -0.478 e. The molecule has 2 rings (SSSR count). The lowest BCUT2D eigenvalue weighted by molar-refractivity contribution is 0.0697. The van der Waals surface area contributed by atoms with Crippen molar-refractivity contribution in [1.82, 2.24) is 4.68 Å². The van der Waals surface area contributed by atoms with Crippen LogP contribution in [0.1, 0.15) is 16.1 Å². The van der Waals surface area contributed by atoms with Crippen LogP contribution in [0.5, 0.6) is 0 Å². The van der Waals surface area contributed by atoms with Gasteiger partial charge in [0.1, 0.15) is 0 Å². The third-order valence-electron chi connectivity index (χ3n) is 2.65. The number of rotatable bonds is 1.